The van der Waals surface area contributed by atoms with Gasteiger partial charge in [0.05, 0.1) is 23.5 Å². The van der Waals surface area contributed by atoms with Crippen LogP contribution in [-0.2, 0) is 10.1 Å². The van der Waals surface area contributed by atoms with Crippen LogP contribution in [0.25, 0.3) is 10.2 Å². The second kappa shape index (κ2) is 8.52. The van der Waals surface area contributed by atoms with Crippen molar-refractivity contribution in [3.63, 3.8) is 0 Å². The Kier molecular flexibility index (Phi) is 5.64. The molecule has 9 heteroatoms. The molecule has 1 aromatic heterocycles. The van der Waals surface area contributed by atoms with Crippen LogP contribution in [0.4, 0.5) is 5.13 Å². The van der Waals surface area contributed by atoms with Crippen LogP contribution in [0.1, 0.15) is 5.56 Å². The van der Waals surface area contributed by atoms with Gasteiger partial charge in [-0.25, -0.2) is 4.98 Å². The first-order chi connectivity index (χ1) is 14.5. The Balaban J connectivity index is 1.49. The molecular weight excluding hydrogens is 422 g/mol. The molecule has 7 nitrogen and oxygen atoms in total. The van der Waals surface area contributed by atoms with Gasteiger partial charge in [-0.3, -0.25) is 5.43 Å². The SMILES string of the molecule is COc1cc(C=NNc2nc3ccccc3s2)ccc1OS(=O)(=O)c1ccccc1. The van der Waals surface area contributed by atoms with Crippen molar-refractivity contribution in [2.45, 2.75) is 4.90 Å². The van der Waals surface area contributed by atoms with E-state index < -0.39 is 10.1 Å². The fraction of sp³-hybridized carbons (Fsp3) is 0.0476. The molecule has 0 unspecified atom stereocenters. The molecule has 0 spiro atoms. The second-order valence-corrected chi connectivity index (χ2v) is 8.69. The molecule has 1 N–H and O–H groups in total. The lowest BCUT2D eigenvalue weighted by atomic mass is 10.2. The van der Waals surface area contributed by atoms with Gasteiger partial charge in [-0.2, -0.15) is 13.5 Å². The number of hydrogen-bond donors (Lipinski definition) is 1. The zero-order valence-corrected chi connectivity index (χ0v) is 17.5. The van der Waals surface area contributed by atoms with Crippen molar-refractivity contribution in [1.29, 1.82) is 0 Å². The number of hydrogen-bond acceptors (Lipinski definition) is 8. The summed E-state index contributed by atoms with van der Waals surface area (Å²) in [6.45, 7) is 0. The van der Waals surface area contributed by atoms with Crippen molar-refractivity contribution in [3.05, 3.63) is 78.4 Å². The maximum absolute atomic E-state index is 12.4. The van der Waals surface area contributed by atoms with E-state index in [2.05, 4.69) is 15.5 Å². The molecule has 0 fully saturated rings. The number of hydrazone groups is 1. The number of methoxy groups -OCH3 is 1. The predicted octanol–water partition coefficient (Wildman–Crippen LogP) is 4.52. The summed E-state index contributed by atoms with van der Waals surface area (Å²) < 4.78 is 36.5. The lowest BCUT2D eigenvalue weighted by molar-refractivity contribution is 0.390. The maximum Gasteiger partial charge on any atom is 0.339 e. The Morgan fingerprint density at radius 1 is 1.00 bits per heavy atom. The van der Waals surface area contributed by atoms with E-state index in [-0.39, 0.29) is 16.4 Å². The Morgan fingerprint density at radius 2 is 1.77 bits per heavy atom. The van der Waals surface area contributed by atoms with Crippen molar-refractivity contribution in [2.75, 3.05) is 12.5 Å². The number of benzene rings is 3. The summed E-state index contributed by atoms with van der Waals surface area (Å²) in [5, 5.41) is 4.87. The standard InChI is InChI=1S/C21H17N3O4S2/c1-27-19-13-15(14-22-24-21-23-17-9-5-6-10-20(17)29-21)11-12-18(19)28-30(25,26)16-7-3-2-4-8-16/h2-14H,1H3,(H,23,24). The third-order valence-electron chi connectivity index (χ3n) is 4.09. The highest BCUT2D eigenvalue weighted by molar-refractivity contribution is 7.87. The van der Waals surface area contributed by atoms with Crippen LogP contribution >= 0.6 is 11.3 Å². The minimum Gasteiger partial charge on any atom is -0.493 e. The first kappa shape index (κ1) is 19.9. The van der Waals surface area contributed by atoms with Gasteiger partial charge in [-0.05, 0) is 48.0 Å². The number of para-hydroxylation sites is 1. The number of fused-ring (bicyclic) bond motifs is 1. The molecule has 4 rings (SSSR count). The Morgan fingerprint density at radius 3 is 2.53 bits per heavy atom. The molecule has 0 saturated carbocycles. The first-order valence-electron chi connectivity index (χ1n) is 8.87. The Bertz CT molecular complexity index is 1270. The highest BCUT2D eigenvalue weighted by Crippen LogP contribution is 2.30. The van der Waals surface area contributed by atoms with Crippen molar-refractivity contribution < 1.29 is 17.3 Å². The van der Waals surface area contributed by atoms with E-state index in [9.17, 15) is 8.42 Å². The second-order valence-electron chi connectivity index (χ2n) is 6.12. The fourth-order valence-corrected chi connectivity index (χ4v) is 4.45. The van der Waals surface area contributed by atoms with Crippen molar-refractivity contribution in [3.8, 4) is 11.5 Å². The van der Waals surface area contributed by atoms with Gasteiger partial charge < -0.3 is 8.92 Å². The van der Waals surface area contributed by atoms with Gasteiger partial charge in [0.2, 0.25) is 5.13 Å². The number of rotatable bonds is 7. The molecule has 3 aromatic carbocycles. The lowest BCUT2D eigenvalue weighted by Gasteiger charge is -2.11. The van der Waals surface area contributed by atoms with Gasteiger partial charge in [-0.1, -0.05) is 41.7 Å². The van der Waals surface area contributed by atoms with Crippen LogP contribution in [0.15, 0.2) is 82.8 Å². The van der Waals surface area contributed by atoms with Crippen molar-refractivity contribution in [1.82, 2.24) is 4.98 Å². The van der Waals surface area contributed by atoms with E-state index >= 15 is 0 Å². The quantitative estimate of drug-likeness (QED) is 0.259. The van der Waals surface area contributed by atoms with Crippen LogP contribution in [0.2, 0.25) is 0 Å². The van der Waals surface area contributed by atoms with Crippen LogP contribution in [-0.4, -0.2) is 26.7 Å². The summed E-state index contributed by atoms with van der Waals surface area (Å²) >= 11 is 1.50. The molecule has 0 saturated heterocycles. The Hall–Kier alpha value is -3.43. The minimum atomic E-state index is -3.96. The van der Waals surface area contributed by atoms with Crippen molar-refractivity contribution in [2.24, 2.45) is 5.10 Å². The molecule has 152 valence electrons. The number of anilines is 1. The zero-order chi connectivity index (χ0) is 21.0. The molecule has 30 heavy (non-hydrogen) atoms. The van der Waals surface area contributed by atoms with E-state index in [1.54, 1.807) is 36.5 Å². The van der Waals surface area contributed by atoms with Gasteiger partial charge >= 0.3 is 10.1 Å². The van der Waals surface area contributed by atoms with Gasteiger partial charge in [-0.15, -0.1) is 0 Å². The highest BCUT2D eigenvalue weighted by Gasteiger charge is 2.18. The first-order valence-corrected chi connectivity index (χ1v) is 11.1. The van der Waals surface area contributed by atoms with E-state index in [1.165, 1.54) is 36.6 Å². The normalized spacial score (nSPS) is 11.6. The van der Waals surface area contributed by atoms with Crippen LogP contribution in [0.3, 0.4) is 0 Å². The van der Waals surface area contributed by atoms with Crippen LogP contribution < -0.4 is 14.3 Å². The maximum atomic E-state index is 12.4. The van der Waals surface area contributed by atoms with Crippen LogP contribution in [0.5, 0.6) is 11.5 Å². The number of nitrogens with one attached hydrogen (secondary N) is 1. The smallest absolute Gasteiger partial charge is 0.339 e. The summed E-state index contributed by atoms with van der Waals surface area (Å²) in [6.07, 6.45) is 1.59. The lowest BCUT2D eigenvalue weighted by Crippen LogP contribution is -2.10. The Labute approximate surface area is 177 Å². The summed E-state index contributed by atoms with van der Waals surface area (Å²) in [5.41, 5.74) is 4.51. The van der Waals surface area contributed by atoms with E-state index in [0.717, 1.165) is 10.2 Å². The monoisotopic (exact) mass is 439 g/mol. The molecule has 0 aliphatic carbocycles. The summed E-state index contributed by atoms with van der Waals surface area (Å²) in [6, 6.07) is 20.6. The average molecular weight is 440 g/mol. The molecule has 4 aromatic rings. The molecule has 0 aliphatic rings. The molecule has 0 atom stereocenters. The van der Waals surface area contributed by atoms with Crippen molar-refractivity contribution >= 4 is 43.0 Å². The molecule has 0 bridgehead atoms. The van der Waals surface area contributed by atoms with Gasteiger partial charge in [0, 0.05) is 0 Å². The fourth-order valence-electron chi connectivity index (χ4n) is 2.67. The molecular formula is C21H17N3O4S2. The largest absolute Gasteiger partial charge is 0.493 e. The van der Waals surface area contributed by atoms with E-state index in [1.807, 2.05) is 24.3 Å². The molecule has 0 amide bonds. The van der Waals surface area contributed by atoms with Gasteiger partial charge in [0.25, 0.3) is 0 Å². The topological polar surface area (TPSA) is 89.9 Å². The summed E-state index contributed by atoms with van der Waals surface area (Å²) in [4.78, 5) is 4.51. The number of thiazole rings is 1. The summed E-state index contributed by atoms with van der Waals surface area (Å²) in [5.74, 6) is 0.371. The van der Waals surface area contributed by atoms with Gasteiger partial charge in [0.1, 0.15) is 4.90 Å². The molecule has 0 radical (unpaired) electrons. The van der Waals surface area contributed by atoms with E-state index in [4.69, 9.17) is 8.92 Å². The predicted molar refractivity (Wildman–Crippen MR) is 118 cm³/mol. The number of nitrogens with zero attached hydrogens (tertiary/aromatic N) is 2. The minimum absolute atomic E-state index is 0.0673. The zero-order valence-electron chi connectivity index (χ0n) is 15.8. The third-order valence-corrected chi connectivity index (χ3v) is 6.28. The molecule has 0 aliphatic heterocycles. The van der Waals surface area contributed by atoms with Crippen LogP contribution in [0, 0.1) is 0 Å². The highest BCUT2D eigenvalue weighted by atomic mass is 32.2. The third kappa shape index (κ3) is 4.42. The number of aromatic nitrogens is 1. The molecule has 1 heterocycles. The van der Waals surface area contributed by atoms with E-state index in [0.29, 0.717) is 10.7 Å². The average Bonchev–Trinajstić information content (AvgIpc) is 3.18. The summed E-state index contributed by atoms with van der Waals surface area (Å²) in [7, 11) is -2.52. The van der Waals surface area contributed by atoms with Gasteiger partial charge in [0.15, 0.2) is 11.5 Å². The number of ether oxygens (including phenoxy) is 1.